The summed E-state index contributed by atoms with van der Waals surface area (Å²) in [4.78, 5) is 23.2. The Bertz CT molecular complexity index is 956. The minimum atomic E-state index is -0.672. The molecule has 0 radical (unpaired) electrons. The highest BCUT2D eigenvalue weighted by atomic mass is 35.5. The molecule has 26 heavy (non-hydrogen) atoms. The van der Waals surface area contributed by atoms with Gasteiger partial charge in [0.15, 0.2) is 0 Å². The van der Waals surface area contributed by atoms with Gasteiger partial charge in [-0.25, -0.2) is 9.97 Å². The molecule has 0 unspecified atom stereocenters. The van der Waals surface area contributed by atoms with E-state index >= 15 is 0 Å². The number of aromatic nitrogens is 2. The van der Waals surface area contributed by atoms with Crippen molar-refractivity contribution in [2.24, 2.45) is 5.41 Å². The van der Waals surface area contributed by atoms with Crippen molar-refractivity contribution in [3.8, 4) is 0 Å². The Kier molecular flexibility index (Phi) is 3.69. The summed E-state index contributed by atoms with van der Waals surface area (Å²) in [5.41, 5.74) is 1.98. The molecule has 138 valence electrons. The van der Waals surface area contributed by atoms with E-state index in [2.05, 4.69) is 26.1 Å². The molecule has 4 nitrogen and oxygen atoms in total. The topological polar surface area (TPSA) is 54.9 Å². The zero-order valence-electron chi connectivity index (χ0n) is 15.7. The van der Waals surface area contributed by atoms with Crippen molar-refractivity contribution in [2.75, 3.05) is 0 Å². The van der Waals surface area contributed by atoms with E-state index in [0.29, 0.717) is 15.6 Å². The van der Waals surface area contributed by atoms with E-state index in [4.69, 9.17) is 33.2 Å². The molecule has 1 fully saturated rings. The molecule has 4 rings (SSSR count). The van der Waals surface area contributed by atoms with Crippen LogP contribution in [0.4, 0.5) is 0 Å². The maximum Gasteiger partial charge on any atom is 0.233 e. The van der Waals surface area contributed by atoms with E-state index in [9.17, 15) is 4.79 Å². The molecule has 2 aliphatic rings. The van der Waals surface area contributed by atoms with Crippen molar-refractivity contribution < 1.29 is 4.79 Å². The molecule has 2 atom stereocenters. The minimum absolute atomic E-state index is 0.0497. The van der Waals surface area contributed by atoms with Gasteiger partial charge in [-0.2, -0.15) is 0 Å². The van der Waals surface area contributed by atoms with Gasteiger partial charge in [-0.1, -0.05) is 44.0 Å². The minimum Gasteiger partial charge on any atom is -0.353 e. The molecular weight excluding hydrogens is 369 g/mol. The Hall–Kier alpha value is -1.39. The fourth-order valence-electron chi connectivity index (χ4n) is 4.99. The van der Waals surface area contributed by atoms with Crippen LogP contribution in [-0.2, 0) is 15.6 Å². The Labute approximate surface area is 163 Å². The zero-order chi connectivity index (χ0) is 19.1. The predicted octanol–water partition coefficient (Wildman–Crippen LogP) is 4.79. The lowest BCUT2D eigenvalue weighted by Crippen LogP contribution is -2.52. The first kappa shape index (κ1) is 18.0. The van der Waals surface area contributed by atoms with E-state index in [0.717, 1.165) is 29.7 Å². The molecular formula is C20H23Cl2N3O. The lowest BCUT2D eigenvalue weighted by Gasteiger charge is -2.39. The Morgan fingerprint density at radius 2 is 1.58 bits per heavy atom. The molecule has 1 N–H and O–H groups in total. The van der Waals surface area contributed by atoms with Crippen LogP contribution in [0.3, 0.4) is 0 Å². The standard InChI is InChI=1S/C20H23Cl2N3O/c1-10(2)23-17(26)20-7-6-19(5,18(20,3)4)15-16(20)25-14-9-12(22)11(21)8-13(14)24-15/h8-10H,6-7H2,1-5H3,(H,23,26)/t19-,20+/m0/s1. The smallest absolute Gasteiger partial charge is 0.233 e. The van der Waals surface area contributed by atoms with Crippen molar-refractivity contribution >= 4 is 40.1 Å². The second kappa shape index (κ2) is 5.32. The van der Waals surface area contributed by atoms with Crippen LogP contribution in [0.15, 0.2) is 12.1 Å². The summed E-state index contributed by atoms with van der Waals surface area (Å²) in [6, 6.07) is 3.57. The highest BCUT2D eigenvalue weighted by Gasteiger charge is 2.73. The number of carbonyl (C=O) groups is 1. The van der Waals surface area contributed by atoms with Gasteiger partial charge < -0.3 is 5.32 Å². The van der Waals surface area contributed by atoms with Crippen molar-refractivity contribution in [3.63, 3.8) is 0 Å². The second-order valence-corrected chi connectivity index (χ2v) is 9.48. The van der Waals surface area contributed by atoms with Crippen LogP contribution in [0.1, 0.15) is 58.8 Å². The molecule has 2 aliphatic carbocycles. The van der Waals surface area contributed by atoms with Crippen molar-refractivity contribution in [2.45, 2.75) is 64.3 Å². The average molecular weight is 392 g/mol. The van der Waals surface area contributed by atoms with Gasteiger partial charge in [0.05, 0.1) is 37.9 Å². The molecule has 1 saturated carbocycles. The Morgan fingerprint density at radius 1 is 1.04 bits per heavy atom. The molecule has 0 saturated heterocycles. The lowest BCUT2D eigenvalue weighted by molar-refractivity contribution is -0.131. The van der Waals surface area contributed by atoms with E-state index in [1.165, 1.54) is 0 Å². The first-order valence-corrected chi connectivity index (χ1v) is 9.79. The maximum absolute atomic E-state index is 13.4. The second-order valence-electron chi connectivity index (χ2n) is 8.67. The number of rotatable bonds is 2. The Balaban J connectivity index is 2.03. The first-order chi connectivity index (χ1) is 12.0. The number of carbonyl (C=O) groups excluding carboxylic acids is 1. The summed E-state index contributed by atoms with van der Waals surface area (Å²) in [6.45, 7) is 10.5. The number of nitrogens with zero attached hydrogens (tertiary/aromatic N) is 2. The highest BCUT2D eigenvalue weighted by Crippen LogP contribution is 2.70. The van der Waals surface area contributed by atoms with Crippen LogP contribution in [0.25, 0.3) is 11.0 Å². The number of nitrogens with one attached hydrogen (secondary N) is 1. The largest absolute Gasteiger partial charge is 0.353 e. The van der Waals surface area contributed by atoms with Gasteiger partial charge in [0, 0.05) is 11.5 Å². The molecule has 1 amide bonds. The normalized spacial score (nSPS) is 28.6. The number of fused-ring (bicyclic) bond motifs is 6. The molecule has 2 bridgehead atoms. The van der Waals surface area contributed by atoms with Gasteiger partial charge in [0.25, 0.3) is 0 Å². The van der Waals surface area contributed by atoms with Crippen LogP contribution in [0.5, 0.6) is 0 Å². The molecule has 0 spiro atoms. The van der Waals surface area contributed by atoms with Gasteiger partial charge in [0.2, 0.25) is 5.91 Å². The van der Waals surface area contributed by atoms with Crippen molar-refractivity contribution in [3.05, 3.63) is 33.6 Å². The van der Waals surface area contributed by atoms with Crippen LogP contribution in [0, 0.1) is 5.41 Å². The molecule has 2 aromatic rings. The Morgan fingerprint density at radius 3 is 2.12 bits per heavy atom. The molecule has 0 aliphatic heterocycles. The third-order valence-corrected chi connectivity index (χ3v) is 7.61. The number of hydrogen-bond donors (Lipinski definition) is 1. The zero-order valence-corrected chi connectivity index (χ0v) is 17.2. The quantitative estimate of drug-likeness (QED) is 0.800. The van der Waals surface area contributed by atoms with Crippen LogP contribution in [0.2, 0.25) is 10.0 Å². The summed E-state index contributed by atoms with van der Waals surface area (Å²) in [7, 11) is 0. The molecule has 1 aromatic carbocycles. The van der Waals surface area contributed by atoms with Gasteiger partial charge >= 0.3 is 0 Å². The molecule has 1 heterocycles. The average Bonchev–Trinajstić information content (AvgIpc) is 2.83. The van der Waals surface area contributed by atoms with Crippen LogP contribution >= 0.6 is 23.2 Å². The number of amides is 1. The number of hydrogen-bond acceptors (Lipinski definition) is 3. The monoisotopic (exact) mass is 391 g/mol. The predicted molar refractivity (Wildman–Crippen MR) is 105 cm³/mol. The molecule has 1 aromatic heterocycles. The fraction of sp³-hybridized carbons (Fsp3) is 0.550. The van der Waals surface area contributed by atoms with E-state index in [-0.39, 0.29) is 22.8 Å². The lowest BCUT2D eigenvalue weighted by atomic mass is 9.63. The first-order valence-electron chi connectivity index (χ1n) is 9.03. The third kappa shape index (κ3) is 1.95. The van der Waals surface area contributed by atoms with Gasteiger partial charge in [-0.15, -0.1) is 0 Å². The number of benzene rings is 1. The SMILES string of the molecule is CC(C)NC(=O)[C@@]12CC[C@@](C)(c3nc4cc(Cl)c(Cl)cc4nc31)C2(C)C. The summed E-state index contributed by atoms with van der Waals surface area (Å²) < 4.78 is 0. The molecule has 6 heteroatoms. The van der Waals surface area contributed by atoms with Crippen molar-refractivity contribution in [1.82, 2.24) is 15.3 Å². The van der Waals surface area contributed by atoms with E-state index in [1.807, 2.05) is 13.8 Å². The maximum atomic E-state index is 13.4. The summed E-state index contributed by atoms with van der Waals surface area (Å²) >= 11 is 12.4. The van der Waals surface area contributed by atoms with Crippen LogP contribution in [-0.4, -0.2) is 21.9 Å². The van der Waals surface area contributed by atoms with Crippen molar-refractivity contribution in [1.29, 1.82) is 0 Å². The van der Waals surface area contributed by atoms with Gasteiger partial charge in [-0.3, -0.25) is 4.79 Å². The van der Waals surface area contributed by atoms with E-state index in [1.54, 1.807) is 12.1 Å². The summed E-state index contributed by atoms with van der Waals surface area (Å²) in [6.07, 6.45) is 1.70. The van der Waals surface area contributed by atoms with Crippen LogP contribution < -0.4 is 5.32 Å². The summed E-state index contributed by atoms with van der Waals surface area (Å²) in [5.74, 6) is 0.0497. The fourth-order valence-corrected chi connectivity index (χ4v) is 5.30. The highest BCUT2D eigenvalue weighted by molar-refractivity contribution is 6.42. The third-order valence-electron chi connectivity index (χ3n) is 6.89. The van der Waals surface area contributed by atoms with Gasteiger partial charge in [0.1, 0.15) is 0 Å². The number of halogens is 2. The van der Waals surface area contributed by atoms with E-state index < -0.39 is 5.41 Å². The summed E-state index contributed by atoms with van der Waals surface area (Å²) in [5, 5.41) is 4.04. The van der Waals surface area contributed by atoms with Gasteiger partial charge in [-0.05, 0) is 44.2 Å².